The minimum atomic E-state index is -0.523. The highest BCUT2D eigenvalue weighted by molar-refractivity contribution is 5.95. The quantitative estimate of drug-likeness (QED) is 0.235. The summed E-state index contributed by atoms with van der Waals surface area (Å²) in [6.45, 7) is 19.2. The Morgan fingerprint density at radius 2 is 1.60 bits per heavy atom. The van der Waals surface area contributed by atoms with Gasteiger partial charge in [0.1, 0.15) is 6.10 Å². The second-order valence-electron chi connectivity index (χ2n) is 17.5. The highest BCUT2D eigenvalue weighted by Gasteiger charge is 2.70. The van der Waals surface area contributed by atoms with Gasteiger partial charge in [-0.2, -0.15) is 0 Å². The molecule has 43 heavy (non-hydrogen) atoms. The lowest BCUT2D eigenvalue weighted by Gasteiger charge is -2.70. The number of allylic oxidation sites excluding steroid dienone is 2. The molecule has 0 radical (unpaired) electrons. The van der Waals surface area contributed by atoms with Gasteiger partial charge in [-0.25, -0.2) is 0 Å². The van der Waals surface area contributed by atoms with Crippen LogP contribution in [0.3, 0.4) is 0 Å². The number of carbonyl (C=O) groups excluding carboxylic acids is 3. The third-order valence-electron chi connectivity index (χ3n) is 14.3. The first-order valence-corrected chi connectivity index (χ1v) is 17.1. The predicted octanol–water partition coefficient (Wildman–Crippen LogP) is 7.39. The molecule has 5 aliphatic rings. The van der Waals surface area contributed by atoms with E-state index in [2.05, 4.69) is 59.4 Å². The van der Waals surface area contributed by atoms with Crippen molar-refractivity contribution >= 4 is 17.7 Å². The van der Waals surface area contributed by atoms with Gasteiger partial charge in [-0.05, 0) is 125 Å². The van der Waals surface area contributed by atoms with Crippen molar-refractivity contribution in [3.63, 3.8) is 0 Å². The molecule has 0 aromatic carbocycles. The first kappa shape index (κ1) is 32.7. The molecule has 0 unspecified atom stereocenters. The molecule has 4 saturated carbocycles. The number of ketones is 1. The highest BCUT2D eigenvalue weighted by atomic mass is 16.5. The normalized spacial score (nSPS) is 45.2. The van der Waals surface area contributed by atoms with Crippen molar-refractivity contribution in [2.75, 3.05) is 27.2 Å². The molecule has 5 aliphatic carbocycles. The zero-order valence-electron chi connectivity index (χ0n) is 28.9. The number of esters is 2. The lowest BCUT2D eigenvalue weighted by Crippen LogP contribution is -2.66. The third kappa shape index (κ3) is 4.95. The van der Waals surface area contributed by atoms with Gasteiger partial charge in [0.25, 0.3) is 0 Å². The molecule has 0 bridgehead atoms. The minimum absolute atomic E-state index is 0.0500. The summed E-state index contributed by atoms with van der Waals surface area (Å²) in [6.07, 6.45) is 11.4. The first-order valence-electron chi connectivity index (χ1n) is 17.1. The van der Waals surface area contributed by atoms with E-state index in [1.807, 2.05) is 14.1 Å². The summed E-state index contributed by atoms with van der Waals surface area (Å²) in [6, 6.07) is 0. The molecule has 0 N–H and O–H groups in total. The Hall–Kier alpha value is -1.69. The van der Waals surface area contributed by atoms with E-state index in [0.29, 0.717) is 18.3 Å². The van der Waals surface area contributed by atoms with Crippen LogP contribution in [0.2, 0.25) is 0 Å². The van der Waals surface area contributed by atoms with Crippen LogP contribution < -0.4 is 0 Å². The largest absolute Gasteiger partial charge is 0.465 e. The van der Waals surface area contributed by atoms with E-state index in [-0.39, 0.29) is 57.0 Å². The summed E-state index contributed by atoms with van der Waals surface area (Å²) in [5.74, 6) is 0.499. The number of hydrogen-bond acceptors (Lipinski definition) is 6. The molecule has 9 atom stereocenters. The average Bonchev–Trinajstić information content (AvgIpc) is 2.90. The number of rotatable bonds is 6. The molecule has 6 heteroatoms. The van der Waals surface area contributed by atoms with Gasteiger partial charge in [0.2, 0.25) is 0 Å². The van der Waals surface area contributed by atoms with Crippen molar-refractivity contribution in [3.05, 3.63) is 11.6 Å². The summed E-state index contributed by atoms with van der Waals surface area (Å²) in [4.78, 5) is 42.2. The SMILES string of the molecule is CC(=O)O[C@@H]1CC[C@]2(C)[C@H](CC[C@]3(C)[C@@H]2C(=O)C=C2[C@@H]4C[C@](C)(C(=O)OCCCN(C)C)CC[C@]4(C)CC[C@@]23C)C1(C)C. The van der Waals surface area contributed by atoms with Gasteiger partial charge in [-0.3, -0.25) is 14.4 Å². The van der Waals surface area contributed by atoms with Crippen molar-refractivity contribution in [1.82, 2.24) is 4.90 Å². The molecular weight excluding hydrogens is 538 g/mol. The molecule has 0 saturated heterocycles. The van der Waals surface area contributed by atoms with Crippen LogP contribution in [0.5, 0.6) is 0 Å². The molecular formula is C37H59NO5. The lowest BCUT2D eigenvalue weighted by atomic mass is 9.33. The molecule has 6 nitrogen and oxygen atoms in total. The predicted molar refractivity (Wildman–Crippen MR) is 169 cm³/mol. The zero-order chi connectivity index (χ0) is 31.8. The van der Waals surface area contributed by atoms with Gasteiger partial charge >= 0.3 is 11.9 Å². The number of carbonyl (C=O) groups is 3. The van der Waals surface area contributed by atoms with E-state index in [1.54, 1.807) is 0 Å². The summed E-state index contributed by atoms with van der Waals surface area (Å²) < 4.78 is 11.7. The minimum Gasteiger partial charge on any atom is -0.465 e. The fraction of sp³-hybridized carbons (Fsp3) is 0.865. The molecule has 0 amide bonds. The van der Waals surface area contributed by atoms with Crippen LogP contribution in [0, 0.1) is 50.2 Å². The third-order valence-corrected chi connectivity index (χ3v) is 14.3. The first-order chi connectivity index (χ1) is 19.8. The second kappa shape index (κ2) is 10.7. The Labute approximate surface area is 261 Å². The van der Waals surface area contributed by atoms with Crippen LogP contribution in [0.25, 0.3) is 0 Å². The lowest BCUT2D eigenvalue weighted by molar-refractivity contribution is -0.210. The Kier molecular flexibility index (Phi) is 8.13. The molecule has 0 aliphatic heterocycles. The molecule has 242 valence electrons. The monoisotopic (exact) mass is 597 g/mol. The van der Waals surface area contributed by atoms with Crippen molar-refractivity contribution in [1.29, 1.82) is 0 Å². The Balaban J connectivity index is 1.46. The zero-order valence-corrected chi connectivity index (χ0v) is 28.9. The Bertz CT molecular complexity index is 1190. The Morgan fingerprint density at radius 3 is 2.26 bits per heavy atom. The van der Waals surface area contributed by atoms with E-state index in [1.165, 1.54) is 12.5 Å². The van der Waals surface area contributed by atoms with Crippen LogP contribution in [0.4, 0.5) is 0 Å². The van der Waals surface area contributed by atoms with Gasteiger partial charge in [0, 0.05) is 24.8 Å². The molecule has 5 rings (SSSR count). The van der Waals surface area contributed by atoms with E-state index < -0.39 is 5.41 Å². The second-order valence-corrected chi connectivity index (χ2v) is 17.5. The van der Waals surface area contributed by atoms with Crippen molar-refractivity contribution in [2.45, 2.75) is 126 Å². The van der Waals surface area contributed by atoms with Gasteiger partial charge in [0.05, 0.1) is 12.0 Å². The fourth-order valence-corrected chi connectivity index (χ4v) is 11.5. The summed E-state index contributed by atoms with van der Waals surface area (Å²) in [5, 5.41) is 0. The van der Waals surface area contributed by atoms with E-state index in [4.69, 9.17) is 9.47 Å². The van der Waals surface area contributed by atoms with Crippen molar-refractivity contribution < 1.29 is 23.9 Å². The number of ether oxygens (including phenoxy) is 2. The maximum absolute atomic E-state index is 14.6. The van der Waals surface area contributed by atoms with Crippen molar-refractivity contribution in [2.24, 2.45) is 50.2 Å². The van der Waals surface area contributed by atoms with E-state index >= 15 is 0 Å². The van der Waals surface area contributed by atoms with Crippen molar-refractivity contribution in [3.8, 4) is 0 Å². The standard InChI is InChI=1S/C37H59NO5/c1-24(39)43-29-13-14-35(6)28(32(29,2)3)12-15-37(8)30(35)27(40)22-25-26-23-34(5,31(41)42-21-11-20-38(9)10)17-16-33(26,4)18-19-36(25,37)7/h22,26,28-30H,11-21,23H2,1-10H3/t26-,28+,29+,30+,33+,34+,35+,36-,37+/m0/s1. The maximum Gasteiger partial charge on any atom is 0.311 e. The number of hydrogen-bond donors (Lipinski definition) is 0. The molecule has 0 aromatic heterocycles. The maximum atomic E-state index is 14.6. The number of fused-ring (bicyclic) bond motifs is 7. The van der Waals surface area contributed by atoms with Crippen LogP contribution in [-0.4, -0.2) is 56.0 Å². The summed E-state index contributed by atoms with van der Waals surface area (Å²) in [7, 11) is 4.08. The molecule has 0 spiro atoms. The van der Waals surface area contributed by atoms with E-state index in [0.717, 1.165) is 70.8 Å². The molecule has 4 fully saturated rings. The van der Waals surface area contributed by atoms with Gasteiger partial charge in [0.15, 0.2) is 5.78 Å². The fourth-order valence-electron chi connectivity index (χ4n) is 11.5. The smallest absolute Gasteiger partial charge is 0.311 e. The van der Waals surface area contributed by atoms with Crippen LogP contribution in [0.15, 0.2) is 11.6 Å². The van der Waals surface area contributed by atoms with Gasteiger partial charge in [-0.1, -0.05) is 47.1 Å². The van der Waals surface area contributed by atoms with Gasteiger partial charge in [-0.15, -0.1) is 0 Å². The van der Waals surface area contributed by atoms with Crippen LogP contribution >= 0.6 is 0 Å². The Morgan fingerprint density at radius 1 is 0.930 bits per heavy atom. The number of nitrogens with zero attached hydrogens (tertiary/aromatic N) is 1. The highest BCUT2D eigenvalue weighted by Crippen LogP contribution is 2.75. The van der Waals surface area contributed by atoms with Crippen LogP contribution in [0.1, 0.15) is 120 Å². The van der Waals surface area contributed by atoms with E-state index in [9.17, 15) is 14.4 Å². The summed E-state index contributed by atoms with van der Waals surface area (Å²) >= 11 is 0. The molecule has 0 aromatic rings. The van der Waals surface area contributed by atoms with Gasteiger partial charge < -0.3 is 14.4 Å². The summed E-state index contributed by atoms with van der Waals surface area (Å²) in [5.41, 5.74) is 0.337. The molecule has 0 heterocycles. The average molecular weight is 598 g/mol. The topological polar surface area (TPSA) is 72.9 Å². The van der Waals surface area contributed by atoms with Crippen LogP contribution in [-0.2, 0) is 23.9 Å².